The maximum atomic E-state index is 12.5. The number of nitrogens with zero attached hydrogens (tertiary/aromatic N) is 3. The summed E-state index contributed by atoms with van der Waals surface area (Å²) in [5.41, 5.74) is 0.998. The monoisotopic (exact) mass is 339 g/mol. The molecule has 0 aliphatic carbocycles. The van der Waals surface area contributed by atoms with Gasteiger partial charge in [-0.05, 0) is 29.6 Å². The van der Waals surface area contributed by atoms with Gasteiger partial charge in [-0.15, -0.1) is 11.3 Å². The lowest BCUT2D eigenvalue weighted by molar-refractivity contribution is -0.131. The first-order valence-corrected chi connectivity index (χ1v) is 8.65. The Morgan fingerprint density at radius 1 is 1.08 bits per heavy atom. The quantitative estimate of drug-likeness (QED) is 0.861. The summed E-state index contributed by atoms with van der Waals surface area (Å²) in [7, 11) is 0. The van der Waals surface area contributed by atoms with Crippen LogP contribution in [0.4, 0.5) is 0 Å². The van der Waals surface area contributed by atoms with Crippen LogP contribution in [-0.4, -0.2) is 47.8 Å². The van der Waals surface area contributed by atoms with Crippen molar-refractivity contribution in [3.63, 3.8) is 0 Å². The number of carbonyl (C=O) groups excluding carboxylic acids is 2. The smallest absolute Gasteiger partial charge is 0.254 e. The van der Waals surface area contributed by atoms with Crippen LogP contribution in [0.3, 0.4) is 0 Å². The molecule has 1 aliphatic rings. The van der Waals surface area contributed by atoms with Crippen LogP contribution in [0.25, 0.3) is 0 Å². The van der Waals surface area contributed by atoms with Crippen LogP contribution in [-0.2, 0) is 11.2 Å². The zero-order chi connectivity index (χ0) is 16.9. The van der Waals surface area contributed by atoms with Crippen LogP contribution >= 0.6 is 11.3 Å². The summed E-state index contributed by atoms with van der Waals surface area (Å²) >= 11 is 1.58. The fraction of sp³-hybridized carbons (Fsp3) is 0.278. The van der Waals surface area contributed by atoms with E-state index in [9.17, 15) is 9.59 Å². The molecule has 6 heteroatoms. The van der Waals surface area contributed by atoms with Crippen LogP contribution in [0.1, 0.15) is 20.8 Å². The third-order valence-corrected chi connectivity index (χ3v) is 4.94. The van der Waals surface area contributed by atoms with Crippen molar-refractivity contribution in [1.82, 2.24) is 9.80 Å². The molecular weight excluding hydrogens is 322 g/mol. The summed E-state index contributed by atoms with van der Waals surface area (Å²) < 4.78 is 0. The molecule has 1 aromatic heterocycles. The summed E-state index contributed by atoms with van der Waals surface area (Å²) in [5.74, 6) is 0.0217. The van der Waals surface area contributed by atoms with Gasteiger partial charge in [-0.2, -0.15) is 5.26 Å². The van der Waals surface area contributed by atoms with Crippen LogP contribution in [0.15, 0.2) is 41.8 Å². The molecule has 0 atom stereocenters. The van der Waals surface area contributed by atoms with Gasteiger partial charge in [-0.25, -0.2) is 0 Å². The summed E-state index contributed by atoms with van der Waals surface area (Å²) in [6, 6.07) is 12.7. The van der Waals surface area contributed by atoms with Gasteiger partial charge >= 0.3 is 0 Å². The first kappa shape index (κ1) is 16.2. The van der Waals surface area contributed by atoms with E-state index in [2.05, 4.69) is 0 Å². The van der Waals surface area contributed by atoms with E-state index in [1.165, 1.54) is 0 Å². The molecule has 2 heterocycles. The molecule has 3 rings (SSSR count). The number of piperazine rings is 1. The summed E-state index contributed by atoms with van der Waals surface area (Å²) in [5, 5.41) is 10.9. The highest BCUT2D eigenvalue weighted by Gasteiger charge is 2.25. The van der Waals surface area contributed by atoms with Gasteiger partial charge in [0, 0.05) is 36.6 Å². The van der Waals surface area contributed by atoms with E-state index in [-0.39, 0.29) is 11.8 Å². The van der Waals surface area contributed by atoms with E-state index in [0.717, 1.165) is 4.88 Å². The lowest BCUT2D eigenvalue weighted by Crippen LogP contribution is -2.51. The molecule has 2 aromatic rings. The Bertz CT molecular complexity index is 772. The van der Waals surface area contributed by atoms with Gasteiger partial charge in [0.1, 0.15) is 0 Å². The maximum Gasteiger partial charge on any atom is 0.254 e. The highest BCUT2D eigenvalue weighted by Crippen LogP contribution is 2.14. The van der Waals surface area contributed by atoms with Crippen molar-refractivity contribution in [2.45, 2.75) is 6.42 Å². The number of nitriles is 1. The maximum absolute atomic E-state index is 12.5. The number of benzene rings is 1. The molecular formula is C18H17N3O2S. The van der Waals surface area contributed by atoms with E-state index >= 15 is 0 Å². The van der Waals surface area contributed by atoms with Crippen LogP contribution in [0.2, 0.25) is 0 Å². The molecule has 0 bridgehead atoms. The van der Waals surface area contributed by atoms with E-state index < -0.39 is 0 Å². The van der Waals surface area contributed by atoms with Crippen molar-refractivity contribution in [2.75, 3.05) is 26.2 Å². The third kappa shape index (κ3) is 3.63. The van der Waals surface area contributed by atoms with Crippen molar-refractivity contribution in [3.8, 4) is 6.07 Å². The standard InChI is InChI=1S/C18H17N3O2S/c19-13-14-3-1-4-15(11-14)18(23)21-8-6-20(7-9-21)17(22)12-16-5-2-10-24-16/h1-5,10-11H,6-9,12H2. The molecule has 1 aliphatic heterocycles. The SMILES string of the molecule is N#Cc1cccc(C(=O)N2CCN(C(=O)Cc3cccs3)CC2)c1. The Labute approximate surface area is 144 Å². The largest absolute Gasteiger partial charge is 0.339 e. The van der Waals surface area contributed by atoms with E-state index in [1.54, 1.807) is 40.5 Å². The van der Waals surface area contributed by atoms with E-state index in [4.69, 9.17) is 5.26 Å². The number of carbonyl (C=O) groups is 2. The fourth-order valence-corrected chi connectivity index (χ4v) is 3.43. The molecule has 0 radical (unpaired) electrons. The topological polar surface area (TPSA) is 64.4 Å². The van der Waals surface area contributed by atoms with E-state index in [1.807, 2.05) is 28.5 Å². The molecule has 1 saturated heterocycles. The molecule has 1 fully saturated rings. The number of amides is 2. The van der Waals surface area contributed by atoms with Crippen molar-refractivity contribution >= 4 is 23.2 Å². The number of rotatable bonds is 3. The summed E-state index contributed by atoms with van der Waals surface area (Å²) in [6.07, 6.45) is 0.426. The van der Waals surface area contributed by atoms with Crippen molar-refractivity contribution in [1.29, 1.82) is 5.26 Å². The first-order chi connectivity index (χ1) is 11.7. The van der Waals surface area contributed by atoms with Gasteiger partial charge in [-0.1, -0.05) is 12.1 Å². The highest BCUT2D eigenvalue weighted by molar-refractivity contribution is 7.10. The first-order valence-electron chi connectivity index (χ1n) is 7.77. The van der Waals surface area contributed by atoms with Crippen molar-refractivity contribution in [3.05, 3.63) is 57.8 Å². The molecule has 122 valence electrons. The minimum atomic E-state index is -0.0857. The van der Waals surface area contributed by atoms with Gasteiger partial charge < -0.3 is 9.80 Å². The third-order valence-electron chi connectivity index (χ3n) is 4.06. The second-order valence-corrected chi connectivity index (χ2v) is 6.65. The molecule has 0 saturated carbocycles. The number of thiophene rings is 1. The Morgan fingerprint density at radius 2 is 1.83 bits per heavy atom. The average Bonchev–Trinajstić information content (AvgIpc) is 3.14. The summed E-state index contributed by atoms with van der Waals surface area (Å²) in [6.45, 7) is 2.14. The van der Waals surface area contributed by atoms with Gasteiger partial charge in [0.15, 0.2) is 0 Å². The number of hydrogen-bond acceptors (Lipinski definition) is 4. The molecule has 24 heavy (non-hydrogen) atoms. The van der Waals surface area contributed by atoms with E-state index in [0.29, 0.717) is 43.7 Å². The average molecular weight is 339 g/mol. The Morgan fingerprint density at radius 3 is 2.50 bits per heavy atom. The Hall–Kier alpha value is -2.65. The molecule has 0 spiro atoms. The molecule has 0 N–H and O–H groups in total. The van der Waals surface area contributed by atoms with Crippen molar-refractivity contribution < 1.29 is 9.59 Å². The molecule has 2 amide bonds. The van der Waals surface area contributed by atoms with Crippen LogP contribution < -0.4 is 0 Å². The zero-order valence-electron chi connectivity index (χ0n) is 13.1. The molecule has 1 aromatic carbocycles. The van der Waals surface area contributed by atoms with Gasteiger partial charge in [-0.3, -0.25) is 9.59 Å². The van der Waals surface area contributed by atoms with Crippen LogP contribution in [0.5, 0.6) is 0 Å². The van der Waals surface area contributed by atoms with Gasteiger partial charge in [0.2, 0.25) is 5.91 Å². The lowest BCUT2D eigenvalue weighted by atomic mass is 10.1. The second-order valence-electron chi connectivity index (χ2n) is 5.62. The highest BCUT2D eigenvalue weighted by atomic mass is 32.1. The lowest BCUT2D eigenvalue weighted by Gasteiger charge is -2.34. The second kappa shape index (κ2) is 7.28. The van der Waals surface area contributed by atoms with Gasteiger partial charge in [0.25, 0.3) is 5.91 Å². The predicted molar refractivity (Wildman–Crippen MR) is 91.7 cm³/mol. The van der Waals surface area contributed by atoms with Gasteiger partial charge in [0.05, 0.1) is 18.1 Å². The Balaban J connectivity index is 1.57. The minimum absolute atomic E-state index is 0.0857. The van der Waals surface area contributed by atoms with Crippen molar-refractivity contribution in [2.24, 2.45) is 0 Å². The normalized spacial score (nSPS) is 14.3. The van der Waals surface area contributed by atoms with Crippen LogP contribution in [0, 0.1) is 11.3 Å². The predicted octanol–water partition coefficient (Wildman–Crippen LogP) is 2.15. The molecule has 5 nitrogen and oxygen atoms in total. The minimum Gasteiger partial charge on any atom is -0.339 e. The fourth-order valence-electron chi connectivity index (χ4n) is 2.74. The number of hydrogen-bond donors (Lipinski definition) is 0. The molecule has 0 unspecified atom stereocenters. The Kier molecular flexibility index (Phi) is 4.92. The zero-order valence-corrected chi connectivity index (χ0v) is 14.0. The summed E-state index contributed by atoms with van der Waals surface area (Å²) in [4.78, 5) is 29.4.